The van der Waals surface area contributed by atoms with Gasteiger partial charge in [0.1, 0.15) is 0 Å². The van der Waals surface area contributed by atoms with Gasteiger partial charge in [-0.2, -0.15) is 0 Å². The first-order valence-corrected chi connectivity index (χ1v) is 6.01. The molecule has 0 aromatic heterocycles. The average Bonchev–Trinajstić information content (AvgIpc) is 2.65. The van der Waals surface area contributed by atoms with Crippen LogP contribution in [0, 0.1) is 5.92 Å². The van der Waals surface area contributed by atoms with Crippen molar-refractivity contribution in [2.45, 2.75) is 44.4 Å². The molecular weight excluding hydrogens is 204 g/mol. The predicted octanol–water partition coefficient (Wildman–Crippen LogP) is 0.573. The Hall–Kier alpha value is -0.870. The molecule has 0 aromatic rings. The van der Waals surface area contributed by atoms with E-state index in [9.17, 15) is 4.79 Å². The summed E-state index contributed by atoms with van der Waals surface area (Å²) in [6.07, 6.45) is 6.65. The van der Waals surface area contributed by atoms with Crippen molar-refractivity contribution in [1.29, 1.82) is 0 Å². The second-order valence-corrected chi connectivity index (χ2v) is 4.80. The van der Waals surface area contributed by atoms with Crippen LogP contribution in [0.5, 0.6) is 0 Å². The molecule has 0 bridgehead atoms. The smallest absolute Gasteiger partial charge is 0.227 e. The van der Waals surface area contributed by atoms with Crippen LogP contribution in [0.3, 0.4) is 0 Å². The second-order valence-electron chi connectivity index (χ2n) is 4.80. The van der Waals surface area contributed by atoms with E-state index in [1.165, 1.54) is 0 Å². The van der Waals surface area contributed by atoms with Crippen LogP contribution in [0.2, 0.25) is 0 Å². The minimum absolute atomic E-state index is 0.0341. The molecule has 1 heterocycles. The van der Waals surface area contributed by atoms with Crippen molar-refractivity contribution in [3.05, 3.63) is 12.2 Å². The number of carbonyl (C=O) groups excluding carboxylic acids is 1. The highest BCUT2D eigenvalue weighted by atomic mass is 16.5. The Morgan fingerprint density at radius 3 is 2.88 bits per heavy atom. The molecule has 2 rings (SSSR count). The van der Waals surface area contributed by atoms with Crippen LogP contribution < -0.4 is 11.1 Å². The van der Waals surface area contributed by atoms with Crippen molar-refractivity contribution in [2.75, 3.05) is 6.61 Å². The maximum absolute atomic E-state index is 11.9. The Bertz CT molecular complexity index is 291. The number of rotatable bonds is 2. The maximum atomic E-state index is 11.9. The Morgan fingerprint density at radius 1 is 1.44 bits per heavy atom. The van der Waals surface area contributed by atoms with E-state index >= 15 is 0 Å². The van der Waals surface area contributed by atoms with Crippen LogP contribution in [-0.2, 0) is 9.53 Å². The molecule has 4 atom stereocenters. The Balaban J connectivity index is 1.80. The van der Waals surface area contributed by atoms with Gasteiger partial charge in [0.25, 0.3) is 0 Å². The molecule has 0 spiro atoms. The van der Waals surface area contributed by atoms with Gasteiger partial charge in [0.2, 0.25) is 5.91 Å². The van der Waals surface area contributed by atoms with Gasteiger partial charge in [-0.15, -0.1) is 0 Å². The lowest BCUT2D eigenvalue weighted by Crippen LogP contribution is -2.43. The number of hydrogen-bond donors (Lipinski definition) is 2. The fourth-order valence-electron chi connectivity index (χ4n) is 2.36. The molecule has 4 unspecified atom stereocenters. The summed E-state index contributed by atoms with van der Waals surface area (Å²) in [6, 6.07) is 0.311. The third-order valence-electron chi connectivity index (χ3n) is 3.28. The zero-order valence-corrected chi connectivity index (χ0v) is 9.69. The number of ether oxygens (including phenoxy) is 1. The largest absolute Gasteiger partial charge is 0.378 e. The normalized spacial score (nSPS) is 38.6. The van der Waals surface area contributed by atoms with Crippen LogP contribution in [-0.4, -0.2) is 30.7 Å². The van der Waals surface area contributed by atoms with Gasteiger partial charge in [-0.1, -0.05) is 12.2 Å². The van der Waals surface area contributed by atoms with E-state index in [-0.39, 0.29) is 30.0 Å². The lowest BCUT2D eigenvalue weighted by atomic mass is 10.0. The minimum Gasteiger partial charge on any atom is -0.378 e. The molecule has 1 aliphatic carbocycles. The molecule has 4 nitrogen and oxygen atoms in total. The molecule has 3 N–H and O–H groups in total. The lowest BCUT2D eigenvalue weighted by Gasteiger charge is -2.28. The SMILES string of the molecule is CC1CC(NC(=O)C2C=CC(N)C2)CCO1. The summed E-state index contributed by atoms with van der Waals surface area (Å²) in [5.74, 6) is 0.0800. The zero-order valence-electron chi connectivity index (χ0n) is 9.69. The highest BCUT2D eigenvalue weighted by Crippen LogP contribution is 2.18. The Morgan fingerprint density at radius 2 is 2.25 bits per heavy atom. The summed E-state index contributed by atoms with van der Waals surface area (Å²) in [6.45, 7) is 2.79. The molecule has 0 radical (unpaired) electrons. The van der Waals surface area contributed by atoms with E-state index in [0.29, 0.717) is 0 Å². The standard InChI is InChI=1S/C12H20N2O2/c1-8-6-11(4-5-16-8)14-12(15)9-2-3-10(13)7-9/h2-3,8-11H,4-7,13H2,1H3,(H,14,15). The fraction of sp³-hybridized carbons (Fsp3) is 0.750. The highest BCUT2D eigenvalue weighted by molar-refractivity contribution is 5.81. The first-order valence-electron chi connectivity index (χ1n) is 6.01. The second kappa shape index (κ2) is 4.97. The molecule has 0 saturated carbocycles. The molecule has 0 aromatic carbocycles. The van der Waals surface area contributed by atoms with Gasteiger partial charge < -0.3 is 15.8 Å². The first kappa shape index (κ1) is 11.6. The van der Waals surface area contributed by atoms with Crippen molar-refractivity contribution in [3.63, 3.8) is 0 Å². The molecule has 2 aliphatic rings. The van der Waals surface area contributed by atoms with Crippen LogP contribution in [0.25, 0.3) is 0 Å². The first-order chi connectivity index (χ1) is 7.65. The quantitative estimate of drug-likeness (QED) is 0.674. The molecule has 1 amide bonds. The topological polar surface area (TPSA) is 64.4 Å². The zero-order chi connectivity index (χ0) is 11.5. The fourth-order valence-corrected chi connectivity index (χ4v) is 2.36. The van der Waals surface area contributed by atoms with Crippen molar-refractivity contribution in [2.24, 2.45) is 11.7 Å². The van der Waals surface area contributed by atoms with Crippen LogP contribution in [0.15, 0.2) is 12.2 Å². The molecule has 1 fully saturated rings. The maximum Gasteiger partial charge on any atom is 0.227 e. The van der Waals surface area contributed by atoms with Gasteiger partial charge in [-0.05, 0) is 26.2 Å². The number of hydrogen-bond acceptors (Lipinski definition) is 3. The van der Waals surface area contributed by atoms with Crippen molar-refractivity contribution in [1.82, 2.24) is 5.32 Å². The Kier molecular flexibility index (Phi) is 3.61. The highest BCUT2D eigenvalue weighted by Gasteiger charge is 2.26. The molecule has 90 valence electrons. The summed E-state index contributed by atoms with van der Waals surface area (Å²) in [5.41, 5.74) is 5.73. The van der Waals surface area contributed by atoms with E-state index < -0.39 is 0 Å². The van der Waals surface area contributed by atoms with Gasteiger partial charge in [0.15, 0.2) is 0 Å². The monoisotopic (exact) mass is 224 g/mol. The van der Waals surface area contributed by atoms with E-state index in [0.717, 1.165) is 25.9 Å². The van der Waals surface area contributed by atoms with Crippen LogP contribution >= 0.6 is 0 Å². The summed E-state index contributed by atoms with van der Waals surface area (Å²) >= 11 is 0. The van der Waals surface area contributed by atoms with Gasteiger partial charge in [0.05, 0.1) is 12.0 Å². The summed E-state index contributed by atoms with van der Waals surface area (Å²) in [7, 11) is 0. The number of amides is 1. The van der Waals surface area contributed by atoms with Crippen molar-refractivity contribution >= 4 is 5.91 Å². The van der Waals surface area contributed by atoms with E-state index in [4.69, 9.17) is 10.5 Å². The summed E-state index contributed by atoms with van der Waals surface area (Å²) in [5, 5.41) is 3.09. The number of carbonyl (C=O) groups is 1. The lowest BCUT2D eigenvalue weighted by molar-refractivity contribution is -0.125. The molecule has 16 heavy (non-hydrogen) atoms. The van der Waals surface area contributed by atoms with Crippen LogP contribution in [0.1, 0.15) is 26.2 Å². The molecule has 1 aliphatic heterocycles. The average molecular weight is 224 g/mol. The van der Waals surface area contributed by atoms with Gasteiger partial charge in [0, 0.05) is 18.7 Å². The van der Waals surface area contributed by atoms with E-state index in [2.05, 4.69) is 5.32 Å². The van der Waals surface area contributed by atoms with E-state index in [1.54, 1.807) is 0 Å². The summed E-state index contributed by atoms with van der Waals surface area (Å²) in [4.78, 5) is 11.9. The van der Waals surface area contributed by atoms with Crippen molar-refractivity contribution < 1.29 is 9.53 Å². The van der Waals surface area contributed by atoms with Gasteiger partial charge in [-0.3, -0.25) is 4.79 Å². The molecular formula is C12H20N2O2. The third kappa shape index (κ3) is 2.83. The summed E-state index contributed by atoms with van der Waals surface area (Å²) < 4.78 is 5.45. The van der Waals surface area contributed by atoms with Gasteiger partial charge in [-0.25, -0.2) is 0 Å². The Labute approximate surface area is 96.2 Å². The van der Waals surface area contributed by atoms with Gasteiger partial charge >= 0.3 is 0 Å². The minimum atomic E-state index is -0.0341. The predicted molar refractivity (Wildman–Crippen MR) is 61.8 cm³/mol. The molecule has 4 heteroatoms. The third-order valence-corrected chi connectivity index (χ3v) is 3.28. The van der Waals surface area contributed by atoms with Crippen LogP contribution in [0.4, 0.5) is 0 Å². The number of nitrogens with one attached hydrogen (secondary N) is 1. The number of nitrogens with two attached hydrogens (primary N) is 1. The van der Waals surface area contributed by atoms with Crippen molar-refractivity contribution in [3.8, 4) is 0 Å². The van der Waals surface area contributed by atoms with E-state index in [1.807, 2.05) is 19.1 Å². The molecule has 1 saturated heterocycles.